The van der Waals surface area contributed by atoms with Crippen LogP contribution in [-0.2, 0) is 0 Å². The summed E-state index contributed by atoms with van der Waals surface area (Å²) in [5, 5.41) is 6.15. The van der Waals surface area contributed by atoms with Gasteiger partial charge in [0.2, 0.25) is 0 Å². The number of amidine groups is 1. The Bertz CT molecular complexity index is 295. The van der Waals surface area contributed by atoms with E-state index >= 15 is 0 Å². The summed E-state index contributed by atoms with van der Waals surface area (Å²) >= 11 is 9.16. The van der Waals surface area contributed by atoms with E-state index in [1.807, 2.05) is 12.3 Å². The minimum absolute atomic E-state index is 0.142. The van der Waals surface area contributed by atoms with Crippen LogP contribution in [0.1, 0.15) is 6.42 Å². The van der Waals surface area contributed by atoms with Gasteiger partial charge < -0.3 is 10.6 Å². The Hall–Kier alpha value is -0.480. The Labute approximate surface area is 83.7 Å². The first-order chi connectivity index (χ1) is 5.75. The van der Waals surface area contributed by atoms with E-state index in [0.29, 0.717) is 0 Å². The minimum Gasteiger partial charge on any atom is -0.357 e. The molecule has 0 spiro atoms. The van der Waals surface area contributed by atoms with Crippen molar-refractivity contribution >= 4 is 33.4 Å². The van der Waals surface area contributed by atoms with E-state index < -0.39 is 0 Å². The van der Waals surface area contributed by atoms with E-state index in [0.717, 1.165) is 22.6 Å². The summed E-state index contributed by atoms with van der Waals surface area (Å²) in [5.41, 5.74) is 0.853. The highest BCUT2D eigenvalue weighted by atomic mass is 79.9. The molecule has 2 aliphatic rings. The SMILES string of the molecule is ClC1CC=C2NC=C(Br)NC2=N1. The summed E-state index contributed by atoms with van der Waals surface area (Å²) in [4.78, 5) is 4.22. The number of hydrogen-bond acceptors (Lipinski definition) is 3. The molecule has 0 aromatic rings. The van der Waals surface area contributed by atoms with Gasteiger partial charge in [-0.15, -0.1) is 0 Å². The molecule has 0 fully saturated rings. The van der Waals surface area contributed by atoms with Crippen molar-refractivity contribution < 1.29 is 0 Å². The summed E-state index contributed by atoms with van der Waals surface area (Å²) < 4.78 is 0.865. The minimum atomic E-state index is -0.142. The topological polar surface area (TPSA) is 36.4 Å². The summed E-state index contributed by atoms with van der Waals surface area (Å²) in [6.07, 6.45) is 4.64. The van der Waals surface area contributed by atoms with Gasteiger partial charge in [-0.2, -0.15) is 0 Å². The molecule has 2 rings (SSSR count). The number of alkyl halides is 1. The number of dihydropyridines is 1. The number of nitrogens with one attached hydrogen (secondary N) is 2. The van der Waals surface area contributed by atoms with Crippen molar-refractivity contribution in [3.05, 3.63) is 22.6 Å². The van der Waals surface area contributed by atoms with Crippen LogP contribution in [0.3, 0.4) is 0 Å². The van der Waals surface area contributed by atoms with Crippen molar-refractivity contribution in [2.45, 2.75) is 11.9 Å². The first kappa shape index (κ1) is 8.13. The Morgan fingerprint density at radius 3 is 3.33 bits per heavy atom. The Morgan fingerprint density at radius 2 is 2.50 bits per heavy atom. The maximum absolute atomic E-state index is 5.85. The highest BCUT2D eigenvalue weighted by molar-refractivity contribution is 9.11. The van der Waals surface area contributed by atoms with Crippen LogP contribution in [0.2, 0.25) is 0 Å². The van der Waals surface area contributed by atoms with Gasteiger partial charge in [0.1, 0.15) is 5.50 Å². The van der Waals surface area contributed by atoms with E-state index in [9.17, 15) is 0 Å². The van der Waals surface area contributed by atoms with Crippen LogP contribution in [-0.4, -0.2) is 11.3 Å². The molecule has 1 unspecified atom stereocenters. The zero-order valence-corrected chi connectivity index (χ0v) is 8.48. The van der Waals surface area contributed by atoms with Crippen molar-refractivity contribution in [3.63, 3.8) is 0 Å². The van der Waals surface area contributed by atoms with Gasteiger partial charge in [0.25, 0.3) is 0 Å². The predicted octanol–water partition coefficient (Wildman–Crippen LogP) is 1.62. The molecule has 5 heteroatoms. The fourth-order valence-corrected chi connectivity index (χ4v) is 1.58. The number of hydrogen-bond donors (Lipinski definition) is 2. The van der Waals surface area contributed by atoms with Crippen LogP contribution in [0.4, 0.5) is 0 Å². The first-order valence-corrected chi connectivity index (χ1v) is 4.80. The molecule has 0 aliphatic carbocycles. The smallest absolute Gasteiger partial charge is 0.151 e. The third-order valence-electron chi connectivity index (χ3n) is 1.63. The van der Waals surface area contributed by atoms with Gasteiger partial charge in [-0.1, -0.05) is 17.7 Å². The fourth-order valence-electron chi connectivity index (χ4n) is 1.09. The lowest BCUT2D eigenvalue weighted by Gasteiger charge is -2.22. The lowest BCUT2D eigenvalue weighted by atomic mass is 10.2. The fraction of sp³-hybridized carbons (Fsp3) is 0.286. The highest BCUT2D eigenvalue weighted by Crippen LogP contribution is 2.17. The number of aliphatic imine (C=N–C) groups is 1. The zero-order chi connectivity index (χ0) is 8.55. The van der Waals surface area contributed by atoms with Gasteiger partial charge in [-0.25, -0.2) is 4.99 Å². The van der Waals surface area contributed by atoms with Crippen molar-refractivity contribution in [1.29, 1.82) is 0 Å². The normalized spacial score (nSPS) is 27.2. The van der Waals surface area contributed by atoms with Gasteiger partial charge >= 0.3 is 0 Å². The van der Waals surface area contributed by atoms with Crippen molar-refractivity contribution in [3.8, 4) is 0 Å². The van der Waals surface area contributed by atoms with Gasteiger partial charge in [0, 0.05) is 12.6 Å². The van der Waals surface area contributed by atoms with Crippen LogP contribution in [0.15, 0.2) is 27.6 Å². The number of fused-ring (bicyclic) bond motifs is 1. The molecule has 1 atom stereocenters. The van der Waals surface area contributed by atoms with Gasteiger partial charge in [0.15, 0.2) is 5.84 Å². The Morgan fingerprint density at radius 1 is 1.67 bits per heavy atom. The molecule has 0 saturated carbocycles. The van der Waals surface area contributed by atoms with Crippen LogP contribution in [0.25, 0.3) is 0 Å². The van der Waals surface area contributed by atoms with Crippen LogP contribution in [0, 0.1) is 0 Å². The largest absolute Gasteiger partial charge is 0.357 e. The maximum atomic E-state index is 5.85. The standard InChI is InChI=1S/C7H7BrClN3/c8-5-3-10-4-1-2-6(9)12-7(4)11-5/h1,3,6,10H,2H2,(H,11,12). The van der Waals surface area contributed by atoms with Crippen molar-refractivity contribution in [2.24, 2.45) is 4.99 Å². The average molecular weight is 249 g/mol. The summed E-state index contributed by atoms with van der Waals surface area (Å²) in [5.74, 6) is 0.802. The van der Waals surface area contributed by atoms with E-state index in [2.05, 4.69) is 31.6 Å². The molecule has 64 valence electrons. The molecule has 2 aliphatic heterocycles. The third kappa shape index (κ3) is 1.49. The zero-order valence-electron chi connectivity index (χ0n) is 6.14. The second kappa shape index (κ2) is 3.11. The van der Waals surface area contributed by atoms with Crippen LogP contribution in [0.5, 0.6) is 0 Å². The summed E-state index contributed by atoms with van der Waals surface area (Å²) in [6, 6.07) is 0. The average Bonchev–Trinajstić information content (AvgIpc) is 2.03. The second-order valence-electron chi connectivity index (χ2n) is 2.53. The molecular formula is C7H7BrClN3. The second-order valence-corrected chi connectivity index (χ2v) is 3.89. The maximum Gasteiger partial charge on any atom is 0.151 e. The number of rotatable bonds is 0. The molecule has 0 aromatic heterocycles. The number of nitrogens with zero attached hydrogens (tertiary/aromatic N) is 1. The lowest BCUT2D eigenvalue weighted by Crippen LogP contribution is -2.36. The Kier molecular flexibility index (Phi) is 2.11. The first-order valence-electron chi connectivity index (χ1n) is 3.57. The molecule has 12 heavy (non-hydrogen) atoms. The van der Waals surface area contributed by atoms with Crippen LogP contribution < -0.4 is 10.6 Å². The predicted molar refractivity (Wildman–Crippen MR) is 53.1 cm³/mol. The van der Waals surface area contributed by atoms with E-state index in [1.165, 1.54) is 0 Å². The van der Waals surface area contributed by atoms with Crippen molar-refractivity contribution in [2.75, 3.05) is 0 Å². The molecule has 0 bridgehead atoms. The molecule has 2 N–H and O–H groups in total. The summed E-state index contributed by atoms with van der Waals surface area (Å²) in [7, 11) is 0. The third-order valence-corrected chi connectivity index (χ3v) is 2.34. The molecule has 3 nitrogen and oxygen atoms in total. The molecule has 0 radical (unpaired) electrons. The van der Waals surface area contributed by atoms with Crippen LogP contribution >= 0.6 is 27.5 Å². The van der Waals surface area contributed by atoms with Gasteiger partial charge in [-0.05, 0) is 15.9 Å². The van der Waals surface area contributed by atoms with E-state index in [-0.39, 0.29) is 5.50 Å². The van der Waals surface area contributed by atoms with Gasteiger partial charge in [-0.3, -0.25) is 0 Å². The molecule has 0 saturated heterocycles. The quantitative estimate of drug-likeness (QED) is 0.505. The van der Waals surface area contributed by atoms with E-state index in [1.54, 1.807) is 0 Å². The Balaban J connectivity index is 2.28. The van der Waals surface area contributed by atoms with Gasteiger partial charge in [0.05, 0.1) is 10.3 Å². The monoisotopic (exact) mass is 247 g/mol. The highest BCUT2D eigenvalue weighted by Gasteiger charge is 2.17. The number of halogens is 2. The molecule has 2 heterocycles. The van der Waals surface area contributed by atoms with E-state index in [4.69, 9.17) is 11.6 Å². The lowest BCUT2D eigenvalue weighted by molar-refractivity contribution is 0.852. The summed E-state index contributed by atoms with van der Waals surface area (Å²) in [6.45, 7) is 0. The molecular weight excluding hydrogens is 241 g/mol. The molecule has 0 amide bonds. The molecule has 0 aromatic carbocycles. The van der Waals surface area contributed by atoms with Crippen molar-refractivity contribution in [1.82, 2.24) is 10.6 Å².